The average Bonchev–Trinajstić information content (AvgIpc) is 2.67. The first-order valence-electron chi connectivity index (χ1n) is 9.13. The summed E-state index contributed by atoms with van der Waals surface area (Å²) in [6.07, 6.45) is -4.29. The second kappa shape index (κ2) is 8.16. The Bertz CT molecular complexity index is 998. The molecule has 2 aromatic carbocycles. The molecular weight excluding hydrogens is 405 g/mol. The summed E-state index contributed by atoms with van der Waals surface area (Å²) in [5.74, 6) is -0.622. The van der Waals surface area contributed by atoms with Gasteiger partial charge in [-0.1, -0.05) is 24.3 Å². The van der Waals surface area contributed by atoms with E-state index in [2.05, 4.69) is 5.32 Å². The molecule has 29 heavy (non-hydrogen) atoms. The molecule has 1 heterocycles. The summed E-state index contributed by atoms with van der Waals surface area (Å²) in [6, 6.07) is 11.5. The lowest BCUT2D eigenvalue weighted by molar-refractivity contribution is -0.139. The van der Waals surface area contributed by atoms with Gasteiger partial charge in [0, 0.05) is 24.7 Å². The fraction of sp³-hybridized carbons (Fsp3) is 0.350. The Kier molecular flexibility index (Phi) is 6.00. The quantitative estimate of drug-likeness (QED) is 0.802. The van der Waals surface area contributed by atoms with Crippen LogP contribution < -0.4 is 5.32 Å². The van der Waals surface area contributed by atoms with E-state index in [1.165, 1.54) is 6.07 Å². The number of aryl methyl sites for hydroxylation is 1. The molecule has 0 atom stereocenters. The SMILES string of the molecule is Cc1cccc(NC(=O)C2CCN(S(=O)(=O)c3ccccc3C(F)(F)F)CC2)c1. The Morgan fingerprint density at radius 2 is 1.72 bits per heavy atom. The summed E-state index contributed by atoms with van der Waals surface area (Å²) < 4.78 is 66.2. The van der Waals surface area contributed by atoms with Gasteiger partial charge in [-0.25, -0.2) is 8.42 Å². The van der Waals surface area contributed by atoms with E-state index in [9.17, 15) is 26.4 Å². The number of carbonyl (C=O) groups excluding carboxylic acids is 1. The molecule has 0 spiro atoms. The zero-order valence-corrected chi connectivity index (χ0v) is 16.6. The van der Waals surface area contributed by atoms with Crippen LogP contribution in [0, 0.1) is 12.8 Å². The first-order chi connectivity index (χ1) is 13.6. The Morgan fingerprint density at radius 3 is 2.34 bits per heavy atom. The van der Waals surface area contributed by atoms with Crippen molar-refractivity contribution in [2.24, 2.45) is 5.92 Å². The minimum atomic E-state index is -4.77. The number of hydrogen-bond acceptors (Lipinski definition) is 3. The Balaban J connectivity index is 1.70. The third-order valence-corrected chi connectivity index (χ3v) is 6.88. The third-order valence-electron chi connectivity index (χ3n) is 4.92. The van der Waals surface area contributed by atoms with Gasteiger partial charge < -0.3 is 5.32 Å². The van der Waals surface area contributed by atoms with Crippen LogP contribution in [0.5, 0.6) is 0 Å². The van der Waals surface area contributed by atoms with E-state index in [0.717, 1.165) is 28.1 Å². The van der Waals surface area contributed by atoms with Gasteiger partial charge >= 0.3 is 6.18 Å². The molecule has 0 saturated carbocycles. The zero-order valence-electron chi connectivity index (χ0n) is 15.7. The highest BCUT2D eigenvalue weighted by Crippen LogP contribution is 2.36. The highest BCUT2D eigenvalue weighted by Gasteiger charge is 2.40. The van der Waals surface area contributed by atoms with Crippen LogP contribution in [0.3, 0.4) is 0 Å². The number of piperidine rings is 1. The number of rotatable bonds is 4. The summed E-state index contributed by atoms with van der Waals surface area (Å²) in [5, 5.41) is 2.81. The number of sulfonamides is 1. The van der Waals surface area contributed by atoms with Gasteiger partial charge in [-0.2, -0.15) is 17.5 Å². The van der Waals surface area contributed by atoms with Crippen molar-refractivity contribution in [1.82, 2.24) is 4.31 Å². The minimum Gasteiger partial charge on any atom is -0.326 e. The molecule has 0 aliphatic carbocycles. The van der Waals surface area contributed by atoms with Crippen molar-refractivity contribution in [2.45, 2.75) is 30.8 Å². The fourth-order valence-corrected chi connectivity index (χ4v) is 5.07. The molecule has 3 rings (SSSR count). The second-order valence-electron chi connectivity index (χ2n) is 7.03. The van der Waals surface area contributed by atoms with Crippen molar-refractivity contribution < 1.29 is 26.4 Å². The lowest BCUT2D eigenvalue weighted by Gasteiger charge is -2.31. The highest BCUT2D eigenvalue weighted by molar-refractivity contribution is 7.89. The number of nitrogens with one attached hydrogen (secondary N) is 1. The summed E-state index contributed by atoms with van der Waals surface area (Å²) in [5.41, 5.74) is 0.468. The van der Waals surface area contributed by atoms with Crippen LogP contribution >= 0.6 is 0 Å². The summed E-state index contributed by atoms with van der Waals surface area (Å²) >= 11 is 0. The smallest absolute Gasteiger partial charge is 0.326 e. The van der Waals surface area contributed by atoms with Crippen LogP contribution in [0.1, 0.15) is 24.0 Å². The molecular formula is C20H21F3N2O3S. The van der Waals surface area contributed by atoms with Crippen LogP contribution in [0.25, 0.3) is 0 Å². The van der Waals surface area contributed by atoms with Crippen molar-refractivity contribution in [2.75, 3.05) is 18.4 Å². The number of carbonyl (C=O) groups is 1. The molecule has 0 unspecified atom stereocenters. The van der Waals surface area contributed by atoms with Gasteiger partial charge in [-0.05, 0) is 49.6 Å². The van der Waals surface area contributed by atoms with Crippen LogP contribution in [0.4, 0.5) is 18.9 Å². The monoisotopic (exact) mass is 426 g/mol. The summed E-state index contributed by atoms with van der Waals surface area (Å²) in [4.78, 5) is 11.7. The number of benzene rings is 2. The van der Waals surface area contributed by atoms with Gasteiger partial charge in [0.05, 0.1) is 10.5 Å². The van der Waals surface area contributed by atoms with Gasteiger partial charge in [-0.15, -0.1) is 0 Å². The highest BCUT2D eigenvalue weighted by atomic mass is 32.2. The van der Waals surface area contributed by atoms with E-state index in [4.69, 9.17) is 0 Å². The maximum Gasteiger partial charge on any atom is 0.417 e. The molecule has 0 radical (unpaired) electrons. The number of alkyl halides is 3. The standard InChI is InChI=1S/C20H21F3N2O3S/c1-14-5-4-6-16(13-14)24-19(26)15-9-11-25(12-10-15)29(27,28)18-8-3-2-7-17(18)20(21,22)23/h2-8,13,15H,9-12H2,1H3,(H,24,26). The lowest BCUT2D eigenvalue weighted by Crippen LogP contribution is -2.41. The number of halogens is 3. The Hall–Kier alpha value is -2.39. The number of nitrogens with zero attached hydrogens (tertiary/aromatic N) is 1. The molecule has 1 aliphatic rings. The van der Waals surface area contributed by atoms with Gasteiger partial charge in [0.1, 0.15) is 0 Å². The zero-order chi connectivity index (χ0) is 21.2. The average molecular weight is 426 g/mol. The molecule has 1 N–H and O–H groups in total. The normalized spacial score (nSPS) is 16.6. The molecule has 1 amide bonds. The lowest BCUT2D eigenvalue weighted by atomic mass is 9.97. The van der Waals surface area contributed by atoms with Crippen LogP contribution in [0.2, 0.25) is 0 Å². The summed E-state index contributed by atoms with van der Waals surface area (Å²) in [7, 11) is -4.31. The number of anilines is 1. The van der Waals surface area contributed by atoms with Crippen LogP contribution in [-0.4, -0.2) is 31.7 Å². The number of hydrogen-bond donors (Lipinski definition) is 1. The Labute approximate surface area is 167 Å². The first-order valence-corrected chi connectivity index (χ1v) is 10.6. The van der Waals surface area contributed by atoms with Gasteiger partial charge in [0.2, 0.25) is 15.9 Å². The molecule has 0 bridgehead atoms. The van der Waals surface area contributed by atoms with E-state index in [1.54, 1.807) is 6.07 Å². The van der Waals surface area contributed by atoms with E-state index >= 15 is 0 Å². The third kappa shape index (κ3) is 4.79. The van der Waals surface area contributed by atoms with Crippen LogP contribution in [-0.2, 0) is 21.0 Å². The van der Waals surface area contributed by atoms with Crippen LogP contribution in [0.15, 0.2) is 53.4 Å². The van der Waals surface area contributed by atoms with Crippen molar-refractivity contribution in [3.05, 3.63) is 59.7 Å². The van der Waals surface area contributed by atoms with Crippen molar-refractivity contribution in [3.8, 4) is 0 Å². The maximum atomic E-state index is 13.2. The largest absolute Gasteiger partial charge is 0.417 e. The molecule has 2 aromatic rings. The van der Waals surface area contributed by atoms with Gasteiger partial charge in [0.25, 0.3) is 0 Å². The summed E-state index contributed by atoms with van der Waals surface area (Å²) in [6.45, 7) is 1.87. The van der Waals surface area contributed by atoms with Gasteiger partial charge in [-0.3, -0.25) is 4.79 Å². The molecule has 1 fully saturated rings. The fourth-order valence-electron chi connectivity index (χ4n) is 3.39. The minimum absolute atomic E-state index is 0.0135. The van der Waals surface area contributed by atoms with E-state index in [1.807, 2.05) is 25.1 Å². The molecule has 5 nitrogen and oxygen atoms in total. The van der Waals surface area contributed by atoms with Crippen molar-refractivity contribution in [1.29, 1.82) is 0 Å². The molecule has 1 saturated heterocycles. The van der Waals surface area contributed by atoms with E-state index in [-0.39, 0.29) is 31.8 Å². The maximum absolute atomic E-state index is 13.2. The molecule has 9 heteroatoms. The molecule has 1 aliphatic heterocycles. The van der Waals surface area contributed by atoms with Gasteiger partial charge in [0.15, 0.2) is 0 Å². The predicted molar refractivity (Wildman–Crippen MR) is 103 cm³/mol. The van der Waals surface area contributed by atoms with E-state index < -0.39 is 32.6 Å². The second-order valence-corrected chi connectivity index (χ2v) is 8.94. The molecule has 156 valence electrons. The topological polar surface area (TPSA) is 66.5 Å². The first kappa shape index (κ1) is 21.3. The van der Waals surface area contributed by atoms with Crippen molar-refractivity contribution in [3.63, 3.8) is 0 Å². The Morgan fingerprint density at radius 1 is 1.07 bits per heavy atom. The van der Waals surface area contributed by atoms with Crippen molar-refractivity contribution >= 4 is 21.6 Å². The number of amides is 1. The predicted octanol–water partition coefficient (Wildman–Crippen LogP) is 4.05. The van der Waals surface area contributed by atoms with E-state index in [0.29, 0.717) is 5.69 Å². The molecule has 0 aromatic heterocycles.